The Labute approximate surface area is 127 Å². The van der Waals surface area contributed by atoms with Crippen molar-refractivity contribution in [3.05, 3.63) is 58.1 Å². The van der Waals surface area contributed by atoms with E-state index in [1.807, 2.05) is 0 Å². The van der Waals surface area contributed by atoms with Gasteiger partial charge in [0.25, 0.3) is 10.1 Å². The van der Waals surface area contributed by atoms with Crippen molar-refractivity contribution in [3.8, 4) is 0 Å². The van der Waals surface area contributed by atoms with E-state index in [9.17, 15) is 8.42 Å². The molecule has 0 heterocycles. The first-order valence-corrected chi connectivity index (χ1v) is 7.82. The molecule has 0 fully saturated rings. The van der Waals surface area contributed by atoms with E-state index >= 15 is 0 Å². The Kier molecular flexibility index (Phi) is 4.55. The van der Waals surface area contributed by atoms with Crippen LogP contribution in [0.2, 0.25) is 10.0 Å². The number of rotatable bonds is 4. The molecule has 2 aromatic carbocycles. The molecule has 0 aliphatic heterocycles. The molecular weight excluding hydrogens is 321 g/mol. The zero-order chi connectivity index (χ0) is 14.8. The summed E-state index contributed by atoms with van der Waals surface area (Å²) in [6.45, 7) is 0.406. The first-order chi connectivity index (χ1) is 9.38. The lowest BCUT2D eigenvalue weighted by atomic mass is 10.2. The molecule has 0 aliphatic rings. The molecule has 2 N–H and O–H groups in total. The third kappa shape index (κ3) is 3.64. The summed E-state index contributed by atoms with van der Waals surface area (Å²) in [5.41, 5.74) is 1.45. The molecule has 4 nitrogen and oxygen atoms in total. The van der Waals surface area contributed by atoms with Crippen molar-refractivity contribution in [2.45, 2.75) is 11.4 Å². The summed E-state index contributed by atoms with van der Waals surface area (Å²) in [6.07, 6.45) is 0. The van der Waals surface area contributed by atoms with Gasteiger partial charge in [-0.25, -0.2) is 0 Å². The zero-order valence-corrected chi connectivity index (χ0v) is 12.5. The van der Waals surface area contributed by atoms with Crippen LogP contribution in [-0.2, 0) is 16.7 Å². The van der Waals surface area contributed by atoms with E-state index in [4.69, 9.17) is 27.8 Å². The van der Waals surface area contributed by atoms with Crippen molar-refractivity contribution in [1.29, 1.82) is 0 Å². The van der Waals surface area contributed by atoms with Crippen molar-refractivity contribution in [2.75, 3.05) is 5.32 Å². The average molecular weight is 332 g/mol. The number of nitrogens with one attached hydrogen (secondary N) is 1. The minimum Gasteiger partial charge on any atom is -0.381 e. The van der Waals surface area contributed by atoms with E-state index in [1.165, 1.54) is 12.1 Å². The number of benzene rings is 2. The number of anilines is 1. The Bertz CT molecular complexity index is 695. The largest absolute Gasteiger partial charge is 0.381 e. The van der Waals surface area contributed by atoms with Crippen molar-refractivity contribution in [3.63, 3.8) is 0 Å². The van der Waals surface area contributed by atoms with Crippen LogP contribution in [0.1, 0.15) is 5.56 Å². The monoisotopic (exact) mass is 331 g/mol. The molecule has 0 saturated carbocycles. The number of halogens is 2. The van der Waals surface area contributed by atoms with Gasteiger partial charge >= 0.3 is 0 Å². The van der Waals surface area contributed by atoms with Gasteiger partial charge in [0.05, 0.1) is 4.90 Å². The highest BCUT2D eigenvalue weighted by molar-refractivity contribution is 7.85. The third-order valence-electron chi connectivity index (χ3n) is 2.68. The lowest BCUT2D eigenvalue weighted by Gasteiger charge is -2.10. The molecule has 0 aromatic heterocycles. The molecule has 2 rings (SSSR count). The fourth-order valence-corrected chi connectivity index (χ4v) is 2.65. The van der Waals surface area contributed by atoms with Crippen LogP contribution < -0.4 is 5.32 Å². The van der Waals surface area contributed by atoms with Crippen molar-refractivity contribution in [2.24, 2.45) is 0 Å². The topological polar surface area (TPSA) is 66.4 Å². The molecule has 0 saturated heterocycles. The first-order valence-electron chi connectivity index (χ1n) is 5.62. The predicted molar refractivity (Wildman–Crippen MR) is 80.0 cm³/mol. The van der Waals surface area contributed by atoms with Crippen LogP contribution in [0.3, 0.4) is 0 Å². The summed E-state index contributed by atoms with van der Waals surface area (Å²) in [5, 5.41) is 4.19. The van der Waals surface area contributed by atoms with Crippen LogP contribution in [0, 0.1) is 0 Å². The molecule has 0 aliphatic carbocycles. The Hall–Kier alpha value is -1.27. The molecule has 2 aromatic rings. The van der Waals surface area contributed by atoms with Crippen LogP contribution in [0.25, 0.3) is 0 Å². The van der Waals surface area contributed by atoms with E-state index in [2.05, 4.69) is 5.32 Å². The highest BCUT2D eigenvalue weighted by atomic mass is 35.5. The number of hydrogen-bond acceptors (Lipinski definition) is 3. The minimum atomic E-state index is -4.17. The van der Waals surface area contributed by atoms with Crippen LogP contribution in [0.15, 0.2) is 47.4 Å². The predicted octanol–water partition coefficient (Wildman–Crippen LogP) is 3.85. The van der Waals surface area contributed by atoms with Gasteiger partial charge in [-0.05, 0) is 36.4 Å². The highest BCUT2D eigenvalue weighted by Gasteiger charge is 2.09. The van der Waals surface area contributed by atoms with Crippen molar-refractivity contribution in [1.82, 2.24) is 0 Å². The van der Waals surface area contributed by atoms with Gasteiger partial charge in [0.1, 0.15) is 0 Å². The maximum atomic E-state index is 10.9. The van der Waals surface area contributed by atoms with Crippen LogP contribution in [-0.4, -0.2) is 13.0 Å². The maximum absolute atomic E-state index is 10.9. The van der Waals surface area contributed by atoms with Gasteiger partial charge in [0, 0.05) is 27.8 Å². The van der Waals surface area contributed by atoms with Gasteiger partial charge in [-0.15, -0.1) is 0 Å². The second-order valence-electron chi connectivity index (χ2n) is 4.05. The van der Waals surface area contributed by atoms with E-state index in [-0.39, 0.29) is 4.90 Å². The summed E-state index contributed by atoms with van der Waals surface area (Å²) in [5.74, 6) is 0. The molecule has 0 unspecified atom stereocenters. The van der Waals surface area contributed by atoms with Gasteiger partial charge in [-0.3, -0.25) is 4.55 Å². The lowest BCUT2D eigenvalue weighted by Crippen LogP contribution is -2.02. The van der Waals surface area contributed by atoms with Crippen LogP contribution >= 0.6 is 23.2 Å². The van der Waals surface area contributed by atoms with E-state index in [0.717, 1.165) is 5.56 Å². The molecule has 0 radical (unpaired) electrons. The Morgan fingerprint density at radius 1 is 1.00 bits per heavy atom. The molecule has 20 heavy (non-hydrogen) atoms. The maximum Gasteiger partial charge on any atom is 0.294 e. The van der Waals surface area contributed by atoms with E-state index in [1.54, 1.807) is 30.3 Å². The smallest absolute Gasteiger partial charge is 0.294 e. The zero-order valence-electron chi connectivity index (χ0n) is 10.2. The van der Waals surface area contributed by atoms with Crippen molar-refractivity contribution >= 4 is 39.0 Å². The van der Waals surface area contributed by atoms with Gasteiger partial charge in [0.15, 0.2) is 0 Å². The highest BCUT2D eigenvalue weighted by Crippen LogP contribution is 2.25. The second-order valence-corrected chi connectivity index (χ2v) is 6.29. The van der Waals surface area contributed by atoms with Gasteiger partial charge < -0.3 is 5.32 Å². The summed E-state index contributed by atoms with van der Waals surface area (Å²) < 4.78 is 30.7. The van der Waals surface area contributed by atoms with E-state index < -0.39 is 10.1 Å². The molecule has 0 atom stereocenters. The summed E-state index contributed by atoms with van der Waals surface area (Å²) >= 11 is 12.1. The summed E-state index contributed by atoms with van der Waals surface area (Å²) in [6, 6.07) is 11.0. The lowest BCUT2D eigenvalue weighted by molar-refractivity contribution is 0.483. The summed E-state index contributed by atoms with van der Waals surface area (Å²) in [7, 11) is -4.17. The van der Waals surface area contributed by atoms with Gasteiger partial charge in [-0.2, -0.15) is 8.42 Å². The second kappa shape index (κ2) is 6.01. The number of hydrogen-bond donors (Lipinski definition) is 2. The quantitative estimate of drug-likeness (QED) is 0.835. The fourth-order valence-electron chi connectivity index (χ4n) is 1.64. The molecule has 106 valence electrons. The molecule has 0 spiro atoms. The first kappa shape index (κ1) is 15.1. The molecule has 7 heteroatoms. The molecule has 0 bridgehead atoms. The minimum absolute atomic E-state index is 0.154. The Morgan fingerprint density at radius 2 is 1.55 bits per heavy atom. The SMILES string of the molecule is O=S(=O)(O)c1ccc(NCc2c(Cl)cccc2Cl)cc1. The Morgan fingerprint density at radius 3 is 2.05 bits per heavy atom. The normalized spacial score (nSPS) is 11.3. The van der Waals surface area contributed by atoms with Crippen molar-refractivity contribution < 1.29 is 13.0 Å². The molecular formula is C13H11Cl2NO3S. The van der Waals surface area contributed by atoms with Crippen LogP contribution in [0.4, 0.5) is 5.69 Å². The van der Waals surface area contributed by atoms with E-state index in [0.29, 0.717) is 22.3 Å². The molecule has 0 amide bonds. The fraction of sp³-hybridized carbons (Fsp3) is 0.0769. The van der Waals surface area contributed by atoms with Gasteiger partial charge in [-0.1, -0.05) is 29.3 Å². The summed E-state index contributed by atoms with van der Waals surface area (Å²) in [4.78, 5) is -0.154. The Balaban J connectivity index is 2.12. The average Bonchev–Trinajstić information content (AvgIpc) is 2.37. The van der Waals surface area contributed by atoms with Crippen LogP contribution in [0.5, 0.6) is 0 Å². The van der Waals surface area contributed by atoms with Gasteiger partial charge in [0.2, 0.25) is 0 Å². The third-order valence-corrected chi connectivity index (χ3v) is 4.26. The standard InChI is InChI=1S/C13H11Cl2NO3S/c14-12-2-1-3-13(15)11(12)8-16-9-4-6-10(7-5-9)20(17,18)19/h1-7,16H,8H2,(H,17,18,19).